The molecule has 1 spiro atoms. The predicted molar refractivity (Wildman–Crippen MR) is 102 cm³/mol. The third-order valence-electron chi connectivity index (χ3n) is 9.74. The molecule has 4 fully saturated rings. The molecular formula is C23H35O4Y-. The van der Waals surface area contributed by atoms with E-state index in [4.69, 9.17) is 9.47 Å². The van der Waals surface area contributed by atoms with Crippen LogP contribution in [0.15, 0.2) is 11.6 Å². The van der Waals surface area contributed by atoms with Gasteiger partial charge in [0.15, 0.2) is 5.79 Å². The topological polar surface area (TPSA) is 58.9 Å². The first-order valence-electron chi connectivity index (χ1n) is 10.8. The van der Waals surface area contributed by atoms with Gasteiger partial charge in [0.25, 0.3) is 0 Å². The third kappa shape index (κ3) is 2.29. The van der Waals surface area contributed by atoms with Crippen LogP contribution in [0.1, 0.15) is 48.0 Å². The van der Waals surface area contributed by atoms with E-state index >= 15 is 0 Å². The zero-order chi connectivity index (χ0) is 19.5. The van der Waals surface area contributed by atoms with Crippen LogP contribution in [0.25, 0.3) is 0 Å². The molecule has 2 saturated heterocycles. The fourth-order valence-corrected chi connectivity index (χ4v) is 8.44. The van der Waals surface area contributed by atoms with E-state index in [0.717, 1.165) is 6.42 Å². The van der Waals surface area contributed by atoms with Crippen molar-refractivity contribution in [3.63, 3.8) is 0 Å². The Bertz CT molecular complexity index is 696. The van der Waals surface area contributed by atoms with Crippen LogP contribution < -0.4 is 0 Å². The summed E-state index contributed by atoms with van der Waals surface area (Å²) in [6.45, 7) is 13.9. The van der Waals surface area contributed by atoms with Crippen molar-refractivity contribution in [3.8, 4) is 0 Å². The third-order valence-corrected chi connectivity index (χ3v) is 9.74. The first kappa shape index (κ1) is 21.9. The second-order valence-electron chi connectivity index (χ2n) is 10.7. The van der Waals surface area contributed by atoms with Crippen molar-refractivity contribution in [1.29, 1.82) is 0 Å². The Balaban J connectivity index is 0.00000192. The molecule has 2 saturated carbocycles. The summed E-state index contributed by atoms with van der Waals surface area (Å²) < 4.78 is 12.7. The Labute approximate surface area is 194 Å². The molecule has 1 radical (unpaired) electrons. The van der Waals surface area contributed by atoms with Gasteiger partial charge in [-0.05, 0) is 42.4 Å². The number of ether oxygens (including phenoxy) is 2. The van der Waals surface area contributed by atoms with E-state index in [9.17, 15) is 10.2 Å². The molecular weight excluding hydrogens is 429 g/mol. The number of aliphatic hydroxyl groups is 2. The van der Waals surface area contributed by atoms with Crippen LogP contribution in [-0.2, 0) is 42.2 Å². The molecule has 2 aliphatic heterocycles. The van der Waals surface area contributed by atoms with Crippen molar-refractivity contribution in [2.45, 2.75) is 72.1 Å². The Morgan fingerprint density at radius 2 is 1.89 bits per heavy atom. The van der Waals surface area contributed by atoms with Crippen LogP contribution in [0.2, 0.25) is 0 Å². The largest absolute Gasteiger partial charge is 0.406 e. The molecule has 5 aliphatic rings. The van der Waals surface area contributed by atoms with Gasteiger partial charge in [-0.25, -0.2) is 0 Å². The maximum absolute atomic E-state index is 11.8. The molecule has 0 aromatic rings. The van der Waals surface area contributed by atoms with Crippen LogP contribution in [0.4, 0.5) is 0 Å². The minimum Gasteiger partial charge on any atom is -0.406 e. The summed E-state index contributed by atoms with van der Waals surface area (Å²) >= 11 is 0. The van der Waals surface area contributed by atoms with Crippen LogP contribution in [0.5, 0.6) is 0 Å². The van der Waals surface area contributed by atoms with E-state index in [1.165, 1.54) is 5.57 Å². The summed E-state index contributed by atoms with van der Waals surface area (Å²) in [6.07, 6.45) is 4.96. The monoisotopic (exact) mass is 464 g/mol. The molecule has 3 unspecified atom stereocenters. The van der Waals surface area contributed by atoms with E-state index in [2.05, 4.69) is 54.0 Å². The van der Waals surface area contributed by atoms with Crippen molar-refractivity contribution in [2.24, 2.45) is 46.3 Å². The summed E-state index contributed by atoms with van der Waals surface area (Å²) in [5.74, 6) is -0.220. The second kappa shape index (κ2) is 6.59. The number of aliphatic hydroxyl groups excluding tert-OH is 1. The maximum Gasteiger partial charge on any atom is 0.196 e. The molecule has 5 heteroatoms. The van der Waals surface area contributed by atoms with Crippen LogP contribution >= 0.6 is 0 Å². The molecule has 5 rings (SSSR count). The van der Waals surface area contributed by atoms with Gasteiger partial charge in [0, 0.05) is 44.0 Å². The predicted octanol–water partition coefficient (Wildman–Crippen LogP) is 3.18. The SMILES string of the molecule is CC1=CC(C)C(C)[C@@]2(C)[C@@H]1C[C@H]1OC(C)[CH-][C@H]3[C@H](C)[C@H](O)[C@@]4(O)OC[C@]13[C@@H]42.[Y]. The van der Waals surface area contributed by atoms with Gasteiger partial charge >= 0.3 is 0 Å². The summed E-state index contributed by atoms with van der Waals surface area (Å²) in [6, 6.07) is 0. The molecule has 12 atom stereocenters. The van der Waals surface area contributed by atoms with Crippen molar-refractivity contribution in [1.82, 2.24) is 0 Å². The Kier molecular flexibility index (Phi) is 5.16. The molecule has 3 aliphatic carbocycles. The molecule has 155 valence electrons. The smallest absolute Gasteiger partial charge is 0.196 e. The number of rotatable bonds is 0. The van der Waals surface area contributed by atoms with Gasteiger partial charge in [0.1, 0.15) is 6.10 Å². The van der Waals surface area contributed by atoms with E-state index in [1.54, 1.807) is 0 Å². The van der Waals surface area contributed by atoms with Gasteiger partial charge < -0.3 is 19.7 Å². The molecule has 2 bridgehead atoms. The molecule has 4 nitrogen and oxygen atoms in total. The first-order valence-corrected chi connectivity index (χ1v) is 10.8. The van der Waals surface area contributed by atoms with Gasteiger partial charge in [-0.3, -0.25) is 6.42 Å². The Hall–Kier alpha value is 0.684. The zero-order valence-electron chi connectivity index (χ0n) is 18.1. The number of allylic oxidation sites excluding steroid dienone is 2. The van der Waals surface area contributed by atoms with Crippen LogP contribution in [0.3, 0.4) is 0 Å². The Morgan fingerprint density at radius 3 is 2.57 bits per heavy atom. The zero-order valence-corrected chi connectivity index (χ0v) is 20.9. The Morgan fingerprint density at radius 1 is 1.21 bits per heavy atom. The second-order valence-corrected chi connectivity index (χ2v) is 10.7. The maximum atomic E-state index is 11.8. The standard InChI is InChI=1S/C23H35O4.Y/c1-11-7-12(2)16-9-18-22-10-26-23(25,20(22)21(16,6)15(11)5)19(24)14(4)17(22)8-13(3)27-18;/h7-8,11,13-20,24-25H,9-10H2,1-6H3;/q-1;/t11?,13?,14-,15?,16+,17-,18+,19-,20-,21-,22+,23+;/m0./s1. The van der Waals surface area contributed by atoms with Gasteiger partial charge in [0.05, 0.1) is 12.7 Å². The minimum atomic E-state index is -1.48. The summed E-state index contributed by atoms with van der Waals surface area (Å²) in [5.41, 5.74) is 1.05. The average molecular weight is 464 g/mol. The van der Waals surface area contributed by atoms with Crippen molar-refractivity contribution in [2.75, 3.05) is 6.61 Å². The van der Waals surface area contributed by atoms with Gasteiger partial charge in [0.2, 0.25) is 0 Å². The van der Waals surface area contributed by atoms with Crippen molar-refractivity contribution >= 4 is 0 Å². The normalized spacial score (nSPS) is 62.3. The first-order chi connectivity index (χ1) is 12.6. The molecule has 2 heterocycles. The van der Waals surface area contributed by atoms with Crippen LogP contribution in [0, 0.1) is 52.8 Å². The fourth-order valence-electron chi connectivity index (χ4n) is 8.44. The molecule has 0 amide bonds. The molecule has 0 aromatic heterocycles. The van der Waals surface area contributed by atoms with E-state index in [-0.39, 0.29) is 73.5 Å². The quantitative estimate of drug-likeness (QED) is 0.427. The summed E-state index contributed by atoms with van der Waals surface area (Å²) in [5, 5.41) is 23.0. The summed E-state index contributed by atoms with van der Waals surface area (Å²) in [7, 11) is 0. The van der Waals surface area contributed by atoms with Crippen molar-refractivity contribution in [3.05, 3.63) is 18.1 Å². The average Bonchev–Trinajstić information content (AvgIpc) is 2.90. The molecule has 28 heavy (non-hydrogen) atoms. The number of hydrogen-bond acceptors (Lipinski definition) is 4. The fraction of sp³-hybridized carbons (Fsp3) is 0.870. The van der Waals surface area contributed by atoms with E-state index in [1.807, 2.05) is 0 Å². The van der Waals surface area contributed by atoms with Crippen LogP contribution in [-0.4, -0.2) is 40.9 Å². The van der Waals surface area contributed by atoms with Gasteiger partial charge in [-0.1, -0.05) is 52.4 Å². The van der Waals surface area contributed by atoms with E-state index < -0.39 is 11.9 Å². The summed E-state index contributed by atoms with van der Waals surface area (Å²) in [4.78, 5) is 0. The van der Waals surface area contributed by atoms with Gasteiger partial charge in [-0.15, -0.1) is 5.92 Å². The van der Waals surface area contributed by atoms with E-state index in [0.29, 0.717) is 24.4 Å². The number of hydrogen-bond donors (Lipinski definition) is 2. The minimum absolute atomic E-state index is 0. The molecule has 2 N–H and O–H groups in total. The molecule has 0 aromatic carbocycles. The van der Waals surface area contributed by atoms with Gasteiger partial charge in [-0.2, -0.15) is 0 Å². The number of fused-ring (bicyclic) bond motifs is 1. The van der Waals surface area contributed by atoms with Crippen molar-refractivity contribution < 1.29 is 52.4 Å².